The molecule has 1 heterocycles. The molecule has 1 N–H and O–H groups in total. The number of ether oxygens (including phenoxy) is 1. The first-order valence-corrected chi connectivity index (χ1v) is 14.0. The maximum atomic E-state index is 12.9. The summed E-state index contributed by atoms with van der Waals surface area (Å²) in [6.45, 7) is 1.96. The van der Waals surface area contributed by atoms with Crippen LogP contribution in [0.25, 0.3) is 6.08 Å². The normalized spacial score (nSPS) is 14.4. The predicted octanol–water partition coefficient (Wildman–Crippen LogP) is 7.11. The number of nitrogens with one attached hydrogen (secondary N) is 1. The molecule has 0 radical (unpaired) electrons. The summed E-state index contributed by atoms with van der Waals surface area (Å²) in [6, 6.07) is 18.5. The lowest BCUT2D eigenvalue weighted by atomic mass is 10.2. The van der Waals surface area contributed by atoms with Gasteiger partial charge in [0.2, 0.25) is 5.91 Å². The van der Waals surface area contributed by atoms with Crippen molar-refractivity contribution in [3.8, 4) is 5.75 Å². The monoisotopic (exact) mass is 744 g/mol. The first kappa shape index (κ1) is 27.0. The summed E-state index contributed by atoms with van der Waals surface area (Å²) >= 11 is 11.1. The summed E-state index contributed by atoms with van der Waals surface area (Å²) < 4.78 is 7.76. The number of hydrogen-bond donors (Lipinski definition) is 1. The van der Waals surface area contributed by atoms with Crippen LogP contribution in [0.5, 0.6) is 5.75 Å². The van der Waals surface area contributed by atoms with E-state index in [0.717, 1.165) is 46.2 Å². The number of benzene rings is 3. The smallest absolute Gasteiger partial charge is 0.294 e. The lowest BCUT2D eigenvalue weighted by molar-refractivity contribution is -0.127. The number of hydrogen-bond acceptors (Lipinski definition) is 5. The highest BCUT2D eigenvalue weighted by Gasteiger charge is 2.36. The highest BCUT2D eigenvalue weighted by Crippen LogP contribution is 2.35. The number of carbonyl (C=O) groups is 3. The molecule has 3 amide bonds. The molecule has 0 saturated carbocycles. The fourth-order valence-electron chi connectivity index (χ4n) is 3.39. The van der Waals surface area contributed by atoms with E-state index in [-0.39, 0.29) is 11.4 Å². The first-order valence-electron chi connectivity index (χ1n) is 10.7. The van der Waals surface area contributed by atoms with Crippen LogP contribution in [-0.2, 0) is 16.2 Å². The minimum Gasteiger partial charge on any atom is -0.487 e. The van der Waals surface area contributed by atoms with E-state index >= 15 is 0 Å². The Morgan fingerprint density at radius 3 is 2.44 bits per heavy atom. The number of halogens is 3. The van der Waals surface area contributed by atoms with Crippen LogP contribution in [0.2, 0.25) is 5.02 Å². The minimum atomic E-state index is -0.488. The van der Waals surface area contributed by atoms with E-state index in [1.54, 1.807) is 12.1 Å². The Hall–Kier alpha value is -2.09. The highest BCUT2D eigenvalue weighted by molar-refractivity contribution is 14.1. The highest BCUT2D eigenvalue weighted by atomic mass is 127. The lowest BCUT2D eigenvalue weighted by Crippen LogP contribution is -2.36. The van der Waals surface area contributed by atoms with Crippen LogP contribution in [-0.4, -0.2) is 28.5 Å². The number of thioether (sulfide) groups is 1. The Morgan fingerprint density at radius 2 is 1.78 bits per heavy atom. The Morgan fingerprint density at radius 1 is 1.08 bits per heavy atom. The maximum absolute atomic E-state index is 12.9. The number of nitrogens with zero attached hydrogens (tertiary/aromatic N) is 1. The average molecular weight is 745 g/mol. The van der Waals surface area contributed by atoms with Crippen LogP contribution in [0, 0.1) is 14.1 Å². The van der Waals surface area contributed by atoms with Crippen molar-refractivity contribution in [2.24, 2.45) is 0 Å². The summed E-state index contributed by atoms with van der Waals surface area (Å²) in [4.78, 5) is 39.0. The van der Waals surface area contributed by atoms with E-state index in [9.17, 15) is 14.4 Å². The van der Waals surface area contributed by atoms with Crippen LogP contribution >= 0.6 is 68.5 Å². The molecule has 1 aliphatic rings. The number of amides is 3. The van der Waals surface area contributed by atoms with E-state index in [1.807, 2.05) is 61.5 Å². The molecule has 10 heteroatoms. The molecule has 0 atom stereocenters. The van der Waals surface area contributed by atoms with E-state index in [0.29, 0.717) is 17.3 Å². The molecule has 0 unspecified atom stereocenters. The van der Waals surface area contributed by atoms with Crippen molar-refractivity contribution in [2.75, 3.05) is 11.9 Å². The van der Waals surface area contributed by atoms with Crippen molar-refractivity contribution in [2.45, 2.75) is 13.5 Å². The average Bonchev–Trinajstić information content (AvgIpc) is 3.07. The van der Waals surface area contributed by atoms with Gasteiger partial charge >= 0.3 is 0 Å². The van der Waals surface area contributed by atoms with Gasteiger partial charge in [0.15, 0.2) is 0 Å². The number of rotatable bonds is 7. The summed E-state index contributed by atoms with van der Waals surface area (Å²) in [7, 11) is 0. The molecule has 184 valence electrons. The Balaban J connectivity index is 1.43. The molecule has 0 bridgehead atoms. The summed E-state index contributed by atoms with van der Waals surface area (Å²) in [5, 5.41) is 2.92. The molecule has 6 nitrogen and oxygen atoms in total. The van der Waals surface area contributed by atoms with Gasteiger partial charge in [0.1, 0.15) is 18.9 Å². The third-order valence-electron chi connectivity index (χ3n) is 5.09. The van der Waals surface area contributed by atoms with E-state index in [2.05, 4.69) is 50.5 Å². The molecule has 0 aromatic heterocycles. The van der Waals surface area contributed by atoms with E-state index in [4.69, 9.17) is 16.3 Å². The van der Waals surface area contributed by atoms with Crippen LogP contribution < -0.4 is 10.1 Å². The molecule has 1 saturated heterocycles. The van der Waals surface area contributed by atoms with Gasteiger partial charge in [-0.3, -0.25) is 19.3 Å². The summed E-state index contributed by atoms with van der Waals surface area (Å²) in [5.74, 6) is -0.183. The zero-order valence-corrected chi connectivity index (χ0v) is 24.8. The fraction of sp³-hybridized carbons (Fsp3) is 0.115. The Bertz CT molecular complexity index is 1360. The zero-order valence-electron chi connectivity index (χ0n) is 18.9. The molecule has 1 fully saturated rings. The molecule has 3 aromatic rings. The SMILES string of the molecule is Cc1cccc(NC(=O)CN2C(=O)S/C(=C\c3cc(I)c(OCc4ccc(Cl)cc4)c(I)c3)C2=O)c1. The third-order valence-corrected chi connectivity index (χ3v) is 7.85. The molecule has 1 aliphatic heterocycles. The van der Waals surface area contributed by atoms with E-state index in [1.165, 1.54) is 0 Å². The quantitative estimate of drug-likeness (QED) is 0.206. The van der Waals surface area contributed by atoms with Gasteiger partial charge in [-0.2, -0.15) is 0 Å². The van der Waals surface area contributed by atoms with Gasteiger partial charge in [-0.25, -0.2) is 0 Å². The van der Waals surface area contributed by atoms with Gasteiger partial charge in [-0.15, -0.1) is 0 Å². The van der Waals surface area contributed by atoms with Crippen molar-refractivity contribution >= 4 is 97.4 Å². The number of imide groups is 1. The van der Waals surface area contributed by atoms with Crippen LogP contribution in [0.1, 0.15) is 16.7 Å². The summed E-state index contributed by atoms with van der Waals surface area (Å²) in [5.41, 5.74) is 3.37. The second-order valence-corrected chi connectivity index (χ2v) is 11.7. The van der Waals surface area contributed by atoms with Crippen molar-refractivity contribution < 1.29 is 19.1 Å². The van der Waals surface area contributed by atoms with Crippen molar-refractivity contribution in [1.82, 2.24) is 4.90 Å². The van der Waals surface area contributed by atoms with Gasteiger partial charge in [0, 0.05) is 10.7 Å². The molecule has 4 rings (SSSR count). The van der Waals surface area contributed by atoms with Crippen LogP contribution in [0.15, 0.2) is 65.6 Å². The Kier molecular flexibility index (Phi) is 8.96. The fourth-order valence-corrected chi connectivity index (χ4v) is 6.48. The van der Waals surface area contributed by atoms with E-state index < -0.39 is 17.1 Å². The molecule has 36 heavy (non-hydrogen) atoms. The molecular formula is C26H19ClI2N2O4S. The first-order chi connectivity index (χ1) is 17.2. The molecular weight excluding hydrogens is 726 g/mol. The zero-order chi connectivity index (χ0) is 25.8. The van der Waals surface area contributed by atoms with Gasteiger partial charge in [0.25, 0.3) is 11.1 Å². The van der Waals surface area contributed by atoms with Crippen LogP contribution in [0.4, 0.5) is 10.5 Å². The summed E-state index contributed by atoms with van der Waals surface area (Å²) in [6.07, 6.45) is 1.66. The number of carbonyl (C=O) groups excluding carboxylic acids is 3. The van der Waals surface area contributed by atoms with Gasteiger partial charge in [0.05, 0.1) is 12.0 Å². The second kappa shape index (κ2) is 12.0. The van der Waals surface area contributed by atoms with Crippen LogP contribution in [0.3, 0.4) is 0 Å². The predicted molar refractivity (Wildman–Crippen MR) is 160 cm³/mol. The van der Waals surface area contributed by atoms with Gasteiger partial charge < -0.3 is 10.1 Å². The van der Waals surface area contributed by atoms with Crippen molar-refractivity contribution in [3.63, 3.8) is 0 Å². The van der Waals surface area contributed by atoms with Gasteiger partial charge in [-0.05, 0) is 123 Å². The number of aryl methyl sites for hydroxylation is 1. The van der Waals surface area contributed by atoms with Crippen molar-refractivity contribution in [3.05, 3.63) is 94.4 Å². The molecule has 3 aromatic carbocycles. The molecule has 0 aliphatic carbocycles. The molecule has 0 spiro atoms. The lowest BCUT2D eigenvalue weighted by Gasteiger charge is -2.13. The maximum Gasteiger partial charge on any atom is 0.294 e. The second-order valence-electron chi connectivity index (χ2n) is 7.91. The topological polar surface area (TPSA) is 75.7 Å². The van der Waals surface area contributed by atoms with Gasteiger partial charge in [-0.1, -0.05) is 35.9 Å². The van der Waals surface area contributed by atoms with Crippen molar-refractivity contribution in [1.29, 1.82) is 0 Å². The minimum absolute atomic E-state index is 0.268. The largest absolute Gasteiger partial charge is 0.487 e. The standard InChI is InChI=1S/C26H19ClI2N2O4S/c1-15-3-2-4-19(9-15)30-23(32)13-31-25(33)22(36-26(31)34)12-17-10-20(28)24(21(29)11-17)35-14-16-5-7-18(27)8-6-16/h2-12H,13-14H2,1H3,(H,30,32)/b22-12-. The number of anilines is 1. The Labute approximate surface area is 245 Å². The third kappa shape index (κ3) is 6.81.